The van der Waals surface area contributed by atoms with Gasteiger partial charge in [-0.25, -0.2) is 0 Å². The quantitative estimate of drug-likeness (QED) is 0.129. The van der Waals surface area contributed by atoms with Crippen molar-refractivity contribution in [3.63, 3.8) is 0 Å². The normalized spacial score (nSPS) is 17.1. The van der Waals surface area contributed by atoms with Gasteiger partial charge < -0.3 is 35.1 Å². The summed E-state index contributed by atoms with van der Waals surface area (Å²) >= 11 is 0. The summed E-state index contributed by atoms with van der Waals surface area (Å²) in [6.07, 6.45) is 9.79. The summed E-state index contributed by atoms with van der Waals surface area (Å²) in [5.41, 5.74) is 11.9. The van der Waals surface area contributed by atoms with Crippen LogP contribution in [0.4, 0.5) is 0 Å². The average molecular weight is 646 g/mol. The first-order chi connectivity index (χ1) is 23.5. The number of aromatic amines is 2. The summed E-state index contributed by atoms with van der Waals surface area (Å²) in [7, 11) is 3.31. The largest absolute Gasteiger partial charge is 0.497 e. The van der Waals surface area contributed by atoms with Gasteiger partial charge in [0, 0.05) is 64.7 Å². The van der Waals surface area contributed by atoms with E-state index in [1.54, 1.807) is 14.2 Å². The maximum atomic E-state index is 13.9. The average Bonchev–Trinajstić information content (AvgIpc) is 3.84. The van der Waals surface area contributed by atoms with Crippen molar-refractivity contribution in [1.29, 1.82) is 0 Å². The Morgan fingerprint density at radius 3 is 2.33 bits per heavy atom. The highest BCUT2D eigenvalue weighted by Crippen LogP contribution is 2.31. The van der Waals surface area contributed by atoms with Crippen LogP contribution in [0.3, 0.4) is 0 Å². The second kappa shape index (κ2) is 13.9. The number of methoxy groups -OCH3 is 2. The number of hydrogen-bond donors (Lipinski definition) is 4. The van der Waals surface area contributed by atoms with Crippen LogP contribution in [-0.4, -0.2) is 50.9 Å². The molecule has 0 spiro atoms. The Labute approximate surface area is 280 Å². The number of nitrogens with two attached hydrogens (primary N) is 1. The second-order valence-corrected chi connectivity index (χ2v) is 12.8. The third kappa shape index (κ3) is 6.40. The van der Waals surface area contributed by atoms with Crippen LogP contribution in [0.25, 0.3) is 21.8 Å². The van der Waals surface area contributed by atoms with Gasteiger partial charge in [0.05, 0.1) is 32.7 Å². The zero-order valence-corrected chi connectivity index (χ0v) is 27.5. The summed E-state index contributed by atoms with van der Waals surface area (Å²) in [6.45, 7) is 0.460. The SMILES string of the molecule is COc1ccc(Cn2c(CCc3c[nH]c4ccccc34)nnc2[C@@H](Cc2c[nH]c3ccccc23)NC(=O)[C@@H]2CCCC[C@@H]2N)c(OC)c1. The first kappa shape index (κ1) is 31.5. The van der Waals surface area contributed by atoms with E-state index in [1.807, 2.05) is 42.6 Å². The monoisotopic (exact) mass is 645 g/mol. The van der Waals surface area contributed by atoms with Crippen molar-refractivity contribution in [2.24, 2.45) is 11.7 Å². The summed E-state index contributed by atoms with van der Waals surface area (Å²) in [5.74, 6) is 2.70. The Balaban J connectivity index is 1.28. The first-order valence-corrected chi connectivity index (χ1v) is 16.8. The standard InChI is InChI=1S/C38H43N7O3/c1-47-27-17-15-25(35(20-27)48-2)23-45-36(18-16-24-21-40-32-13-7-4-9-28(24)32)43-44-37(45)34(42-38(46)30-11-3-6-12-31(30)39)19-26-22-41-33-14-8-5-10-29(26)33/h4-5,7-10,13-15,17,20-22,30-31,34,40-41H,3,6,11-12,16,18-19,23,39H2,1-2H3,(H,42,46)/t30-,31+,34-/m1/s1. The Kier molecular flexibility index (Phi) is 9.16. The van der Waals surface area contributed by atoms with E-state index in [0.29, 0.717) is 36.7 Å². The van der Waals surface area contributed by atoms with Gasteiger partial charge in [-0.15, -0.1) is 10.2 Å². The van der Waals surface area contributed by atoms with E-state index in [1.165, 1.54) is 10.9 Å². The number of amides is 1. The lowest BCUT2D eigenvalue weighted by molar-refractivity contribution is -0.127. The van der Waals surface area contributed by atoms with Gasteiger partial charge >= 0.3 is 0 Å². The van der Waals surface area contributed by atoms with E-state index in [2.05, 4.69) is 56.4 Å². The number of aryl methyl sites for hydroxylation is 2. The van der Waals surface area contributed by atoms with Crippen LogP contribution in [0.15, 0.2) is 79.1 Å². The van der Waals surface area contributed by atoms with E-state index in [0.717, 1.165) is 65.5 Å². The van der Waals surface area contributed by atoms with E-state index in [-0.39, 0.29) is 17.9 Å². The zero-order valence-electron chi connectivity index (χ0n) is 27.5. The number of hydrogen-bond acceptors (Lipinski definition) is 6. The van der Waals surface area contributed by atoms with Crippen molar-refractivity contribution < 1.29 is 14.3 Å². The lowest BCUT2D eigenvalue weighted by atomic mass is 9.84. The van der Waals surface area contributed by atoms with E-state index in [9.17, 15) is 4.79 Å². The number of aromatic nitrogens is 5. The molecule has 3 aromatic carbocycles. The Morgan fingerprint density at radius 1 is 0.896 bits per heavy atom. The van der Waals surface area contributed by atoms with Gasteiger partial charge in [0.1, 0.15) is 17.3 Å². The van der Waals surface area contributed by atoms with Crippen molar-refractivity contribution in [2.75, 3.05) is 14.2 Å². The number of nitrogens with zero attached hydrogens (tertiary/aromatic N) is 3. The molecule has 1 saturated carbocycles. The Morgan fingerprint density at radius 2 is 1.60 bits per heavy atom. The molecule has 0 aliphatic heterocycles. The highest BCUT2D eigenvalue weighted by Gasteiger charge is 2.32. The minimum Gasteiger partial charge on any atom is -0.497 e. The number of para-hydroxylation sites is 2. The zero-order chi connectivity index (χ0) is 33.0. The number of ether oxygens (including phenoxy) is 2. The Bertz CT molecular complexity index is 2030. The molecule has 3 heterocycles. The van der Waals surface area contributed by atoms with Crippen LogP contribution in [-0.2, 0) is 30.6 Å². The van der Waals surface area contributed by atoms with Crippen LogP contribution in [0.2, 0.25) is 0 Å². The van der Waals surface area contributed by atoms with Crippen molar-refractivity contribution >= 4 is 27.7 Å². The molecule has 0 saturated heterocycles. The molecule has 10 nitrogen and oxygen atoms in total. The number of H-pyrrole nitrogens is 2. The smallest absolute Gasteiger partial charge is 0.225 e. The summed E-state index contributed by atoms with van der Waals surface area (Å²) in [5, 5.41) is 15.3. The number of benzene rings is 3. The maximum Gasteiger partial charge on any atom is 0.225 e. The molecular formula is C38H43N7O3. The van der Waals surface area contributed by atoms with E-state index >= 15 is 0 Å². The van der Waals surface area contributed by atoms with Gasteiger partial charge in [0.25, 0.3) is 0 Å². The first-order valence-electron chi connectivity index (χ1n) is 16.8. The molecule has 1 aliphatic carbocycles. The second-order valence-electron chi connectivity index (χ2n) is 12.8. The number of rotatable bonds is 12. The van der Waals surface area contributed by atoms with Gasteiger partial charge in [-0.05, 0) is 54.7 Å². The molecule has 5 N–H and O–H groups in total. The third-order valence-corrected chi connectivity index (χ3v) is 9.85. The Hall–Kier alpha value is -5.09. The fourth-order valence-corrected chi connectivity index (χ4v) is 7.19. The number of carbonyl (C=O) groups excluding carboxylic acids is 1. The number of nitrogens with one attached hydrogen (secondary N) is 3. The highest BCUT2D eigenvalue weighted by atomic mass is 16.5. The molecule has 6 aromatic rings. The number of fused-ring (bicyclic) bond motifs is 2. The molecule has 7 rings (SSSR count). The highest BCUT2D eigenvalue weighted by molar-refractivity contribution is 5.84. The molecule has 48 heavy (non-hydrogen) atoms. The molecule has 3 atom stereocenters. The molecule has 1 amide bonds. The van der Waals surface area contributed by atoms with Crippen LogP contribution in [0.5, 0.6) is 11.5 Å². The van der Waals surface area contributed by atoms with Crippen molar-refractivity contribution in [3.05, 3.63) is 107 Å². The molecule has 0 radical (unpaired) electrons. The fraction of sp³-hybridized carbons (Fsp3) is 0.342. The van der Waals surface area contributed by atoms with Gasteiger partial charge in [-0.2, -0.15) is 0 Å². The van der Waals surface area contributed by atoms with Gasteiger partial charge in [-0.1, -0.05) is 49.2 Å². The molecule has 248 valence electrons. The third-order valence-electron chi connectivity index (χ3n) is 9.85. The predicted octanol–water partition coefficient (Wildman–Crippen LogP) is 6.01. The van der Waals surface area contributed by atoms with Crippen molar-refractivity contribution in [2.45, 2.75) is 63.6 Å². The lowest BCUT2D eigenvalue weighted by Crippen LogP contribution is -2.45. The predicted molar refractivity (Wildman–Crippen MR) is 187 cm³/mol. The summed E-state index contributed by atoms with van der Waals surface area (Å²) in [6, 6.07) is 21.8. The maximum absolute atomic E-state index is 13.9. The molecule has 1 aliphatic rings. The molecule has 0 unspecified atom stereocenters. The van der Waals surface area contributed by atoms with Crippen molar-refractivity contribution in [1.82, 2.24) is 30.0 Å². The topological polar surface area (TPSA) is 136 Å². The number of carbonyl (C=O) groups is 1. The lowest BCUT2D eigenvalue weighted by Gasteiger charge is -2.29. The molecular weight excluding hydrogens is 602 g/mol. The minimum atomic E-state index is -0.440. The molecule has 10 heteroatoms. The van der Waals surface area contributed by atoms with Crippen LogP contribution < -0.4 is 20.5 Å². The fourth-order valence-electron chi connectivity index (χ4n) is 7.19. The summed E-state index contributed by atoms with van der Waals surface area (Å²) < 4.78 is 13.4. The molecule has 0 bridgehead atoms. The van der Waals surface area contributed by atoms with Gasteiger partial charge in [0.15, 0.2) is 5.82 Å². The van der Waals surface area contributed by atoms with E-state index < -0.39 is 6.04 Å². The minimum absolute atomic E-state index is 0.0241. The van der Waals surface area contributed by atoms with Crippen LogP contribution >= 0.6 is 0 Å². The summed E-state index contributed by atoms with van der Waals surface area (Å²) in [4.78, 5) is 20.7. The van der Waals surface area contributed by atoms with Crippen LogP contribution in [0, 0.1) is 5.92 Å². The van der Waals surface area contributed by atoms with E-state index in [4.69, 9.17) is 25.4 Å². The van der Waals surface area contributed by atoms with Gasteiger partial charge in [-0.3, -0.25) is 4.79 Å². The molecule has 1 fully saturated rings. The van der Waals surface area contributed by atoms with Crippen LogP contribution in [0.1, 0.15) is 60.1 Å². The van der Waals surface area contributed by atoms with Crippen molar-refractivity contribution in [3.8, 4) is 11.5 Å². The molecule has 3 aromatic heterocycles. The van der Waals surface area contributed by atoms with Gasteiger partial charge in [0.2, 0.25) is 5.91 Å².